The van der Waals surface area contributed by atoms with Crippen LogP contribution in [0.4, 0.5) is 5.69 Å². The molecule has 1 atom stereocenters. The number of thiophene rings is 1. The highest BCUT2D eigenvalue weighted by Gasteiger charge is 2.28. The van der Waals surface area contributed by atoms with Gasteiger partial charge in [-0.2, -0.15) is 0 Å². The third kappa shape index (κ3) is 4.37. The summed E-state index contributed by atoms with van der Waals surface area (Å²) in [6, 6.07) is 0.848. The van der Waals surface area contributed by atoms with Gasteiger partial charge < -0.3 is 5.11 Å². The van der Waals surface area contributed by atoms with Crippen molar-refractivity contribution in [1.29, 1.82) is 0 Å². The van der Waals surface area contributed by atoms with Crippen LogP contribution in [-0.2, 0) is 14.8 Å². The highest BCUT2D eigenvalue weighted by molar-refractivity contribution is 7.91. The molecule has 1 unspecified atom stereocenters. The molecule has 0 spiro atoms. The Kier molecular flexibility index (Phi) is 5.68. The predicted octanol–water partition coefficient (Wildman–Crippen LogP) is 1.94. The Labute approximate surface area is 129 Å². The monoisotopic (exact) mass is 356 g/mol. The highest BCUT2D eigenvalue weighted by atomic mass is 35.5. The lowest BCUT2D eigenvalue weighted by Crippen LogP contribution is -2.35. The Balaban J connectivity index is 2.94. The Hall–Kier alpha value is -1.23. The minimum atomic E-state index is -4.04. The number of nitrogens with zero attached hydrogens (tertiary/aromatic N) is 1. The zero-order chi connectivity index (χ0) is 16.4. The van der Waals surface area contributed by atoms with Crippen molar-refractivity contribution in [3.63, 3.8) is 0 Å². The maximum absolute atomic E-state index is 12.0. The molecule has 8 nitrogen and oxygen atoms in total. The molecule has 0 radical (unpaired) electrons. The number of hydrogen-bond donors (Lipinski definition) is 2. The van der Waals surface area contributed by atoms with E-state index in [1.807, 2.05) is 0 Å². The van der Waals surface area contributed by atoms with Crippen LogP contribution in [0, 0.1) is 22.0 Å². The zero-order valence-electron chi connectivity index (χ0n) is 11.1. The van der Waals surface area contributed by atoms with Crippen LogP contribution < -0.4 is 4.72 Å². The normalized spacial score (nSPS) is 13.3. The fourth-order valence-electron chi connectivity index (χ4n) is 1.47. The number of hydrogen-bond acceptors (Lipinski definition) is 6. The molecule has 0 saturated heterocycles. The molecule has 1 heterocycles. The summed E-state index contributed by atoms with van der Waals surface area (Å²) in [4.78, 5) is 20.9. The quantitative estimate of drug-likeness (QED) is 0.567. The zero-order valence-corrected chi connectivity index (χ0v) is 13.5. The summed E-state index contributed by atoms with van der Waals surface area (Å²) in [6.07, 6.45) is 0. The topological polar surface area (TPSA) is 127 Å². The standard InChI is InChI=1S/C10H13ClN2O6S2/c1-5(2)6(10(14)15)4-12-21(18,19)8-3-7(13(16)17)9(11)20-8/h3,5-6,12H,4H2,1-2H3,(H,14,15). The van der Waals surface area contributed by atoms with Gasteiger partial charge in [0.25, 0.3) is 5.69 Å². The maximum Gasteiger partial charge on any atom is 0.308 e. The van der Waals surface area contributed by atoms with Crippen molar-refractivity contribution in [3.05, 3.63) is 20.5 Å². The molecule has 0 aliphatic rings. The van der Waals surface area contributed by atoms with Crippen molar-refractivity contribution in [2.24, 2.45) is 11.8 Å². The molecule has 0 aromatic carbocycles. The number of nitrogens with one attached hydrogen (secondary N) is 1. The van der Waals surface area contributed by atoms with E-state index < -0.39 is 32.5 Å². The van der Waals surface area contributed by atoms with Crippen molar-refractivity contribution >= 4 is 44.6 Å². The smallest absolute Gasteiger partial charge is 0.308 e. The van der Waals surface area contributed by atoms with Crippen LogP contribution in [0.2, 0.25) is 4.34 Å². The first-order valence-electron chi connectivity index (χ1n) is 5.72. The van der Waals surface area contributed by atoms with E-state index in [9.17, 15) is 23.3 Å². The summed E-state index contributed by atoms with van der Waals surface area (Å²) in [5.41, 5.74) is -0.499. The third-order valence-corrected chi connectivity index (χ3v) is 5.96. The number of nitro groups is 1. The van der Waals surface area contributed by atoms with Crippen LogP contribution in [-0.4, -0.2) is 31.0 Å². The second kappa shape index (κ2) is 6.69. The van der Waals surface area contributed by atoms with Gasteiger partial charge in [-0.1, -0.05) is 25.4 Å². The number of aliphatic carboxylic acids is 1. The number of carboxylic acids is 1. The highest BCUT2D eigenvalue weighted by Crippen LogP contribution is 2.36. The van der Waals surface area contributed by atoms with Crippen molar-refractivity contribution < 1.29 is 23.2 Å². The molecule has 11 heteroatoms. The summed E-state index contributed by atoms with van der Waals surface area (Å²) in [6.45, 7) is 3.00. The van der Waals surface area contributed by atoms with Crippen LogP contribution >= 0.6 is 22.9 Å². The lowest BCUT2D eigenvalue weighted by Gasteiger charge is -2.16. The Bertz CT molecular complexity index is 655. The molecule has 1 aromatic rings. The summed E-state index contributed by atoms with van der Waals surface area (Å²) < 4.78 is 25.6. The molecule has 0 saturated carbocycles. The van der Waals surface area contributed by atoms with Crippen molar-refractivity contribution in [2.45, 2.75) is 18.1 Å². The number of rotatable bonds is 7. The largest absolute Gasteiger partial charge is 0.481 e. The molecule has 1 aromatic heterocycles. The third-order valence-electron chi connectivity index (χ3n) is 2.72. The Morgan fingerprint density at radius 2 is 2.14 bits per heavy atom. The molecular weight excluding hydrogens is 344 g/mol. The van der Waals surface area contributed by atoms with E-state index in [1.54, 1.807) is 13.8 Å². The number of carbonyl (C=O) groups is 1. The minimum absolute atomic E-state index is 0.251. The van der Waals surface area contributed by atoms with Gasteiger partial charge in [-0.25, -0.2) is 13.1 Å². The fourth-order valence-corrected chi connectivity index (χ4v) is 4.24. The van der Waals surface area contributed by atoms with E-state index in [-0.39, 0.29) is 21.0 Å². The van der Waals surface area contributed by atoms with E-state index in [4.69, 9.17) is 16.7 Å². The van der Waals surface area contributed by atoms with Crippen LogP contribution in [0.3, 0.4) is 0 Å². The molecule has 1 rings (SSSR count). The molecule has 118 valence electrons. The van der Waals surface area contributed by atoms with Gasteiger partial charge in [0.05, 0.1) is 10.8 Å². The van der Waals surface area contributed by atoms with Gasteiger partial charge in [0.1, 0.15) is 4.21 Å². The lowest BCUT2D eigenvalue weighted by atomic mass is 9.97. The molecular formula is C10H13ClN2O6S2. The number of carboxylic acid groups (broad SMARTS) is 1. The molecule has 0 aliphatic carbocycles. The fraction of sp³-hybridized carbons (Fsp3) is 0.500. The minimum Gasteiger partial charge on any atom is -0.481 e. The second-order valence-electron chi connectivity index (χ2n) is 4.52. The van der Waals surface area contributed by atoms with Crippen LogP contribution in [0.15, 0.2) is 10.3 Å². The van der Waals surface area contributed by atoms with Crippen molar-refractivity contribution in [2.75, 3.05) is 6.54 Å². The van der Waals surface area contributed by atoms with Gasteiger partial charge in [-0.3, -0.25) is 14.9 Å². The van der Waals surface area contributed by atoms with Gasteiger partial charge in [-0.05, 0) is 5.92 Å². The van der Waals surface area contributed by atoms with E-state index in [1.165, 1.54) is 0 Å². The van der Waals surface area contributed by atoms with E-state index in [2.05, 4.69) is 4.72 Å². The average molecular weight is 357 g/mol. The first-order valence-corrected chi connectivity index (χ1v) is 8.40. The van der Waals surface area contributed by atoms with Crippen LogP contribution in [0.5, 0.6) is 0 Å². The number of sulfonamides is 1. The first kappa shape index (κ1) is 17.8. The molecule has 0 fully saturated rings. The van der Waals surface area contributed by atoms with E-state index in [0.717, 1.165) is 6.07 Å². The summed E-state index contributed by atoms with van der Waals surface area (Å²) in [5, 5.41) is 19.6. The average Bonchev–Trinajstić information content (AvgIpc) is 2.71. The molecule has 2 N–H and O–H groups in total. The predicted molar refractivity (Wildman–Crippen MR) is 77.1 cm³/mol. The molecule has 21 heavy (non-hydrogen) atoms. The van der Waals surface area contributed by atoms with Gasteiger partial charge in [-0.15, -0.1) is 11.3 Å². The van der Waals surface area contributed by atoms with E-state index >= 15 is 0 Å². The molecule has 0 aliphatic heterocycles. The van der Waals surface area contributed by atoms with Crippen LogP contribution in [0.25, 0.3) is 0 Å². The maximum atomic E-state index is 12.0. The molecule has 0 amide bonds. The van der Waals surface area contributed by atoms with Gasteiger partial charge >= 0.3 is 5.97 Å². The second-order valence-corrected chi connectivity index (χ2v) is 8.17. The Morgan fingerprint density at radius 1 is 1.57 bits per heavy atom. The summed E-state index contributed by atoms with van der Waals surface area (Å²) in [7, 11) is -4.04. The van der Waals surface area contributed by atoms with Crippen molar-refractivity contribution in [1.82, 2.24) is 4.72 Å². The summed E-state index contributed by atoms with van der Waals surface area (Å²) >= 11 is 6.14. The van der Waals surface area contributed by atoms with E-state index in [0.29, 0.717) is 11.3 Å². The lowest BCUT2D eigenvalue weighted by molar-refractivity contribution is -0.384. The van der Waals surface area contributed by atoms with Gasteiger partial charge in [0.15, 0.2) is 4.34 Å². The van der Waals surface area contributed by atoms with Gasteiger partial charge in [0, 0.05) is 12.6 Å². The van der Waals surface area contributed by atoms with Crippen molar-refractivity contribution in [3.8, 4) is 0 Å². The SMILES string of the molecule is CC(C)C(CNS(=O)(=O)c1cc([N+](=O)[O-])c(Cl)s1)C(=O)O. The van der Waals surface area contributed by atoms with Crippen LogP contribution in [0.1, 0.15) is 13.8 Å². The van der Waals surface area contributed by atoms with Gasteiger partial charge in [0.2, 0.25) is 10.0 Å². The Morgan fingerprint density at radius 3 is 2.52 bits per heavy atom. The summed E-state index contributed by atoms with van der Waals surface area (Å²) in [5.74, 6) is -2.29. The first-order chi connectivity index (χ1) is 9.56. The molecule has 0 bridgehead atoms. The number of halogens is 1.